The summed E-state index contributed by atoms with van der Waals surface area (Å²) in [5, 5.41) is 3.20. The molecule has 3 nitrogen and oxygen atoms in total. The zero-order valence-corrected chi connectivity index (χ0v) is 8.34. The van der Waals surface area contributed by atoms with Crippen LogP contribution in [0.4, 0.5) is 0 Å². The van der Waals surface area contributed by atoms with Gasteiger partial charge in [-0.1, -0.05) is 0 Å². The Labute approximate surface area is 75.1 Å². The molecular weight excluding hydrogens is 152 g/mol. The smallest absolute Gasteiger partial charge is 0.0634 e. The number of rotatable bonds is 3. The highest BCUT2D eigenvalue weighted by molar-refractivity contribution is 4.78. The fourth-order valence-electron chi connectivity index (χ4n) is 1.76. The minimum absolute atomic E-state index is 0.559. The Morgan fingerprint density at radius 1 is 1.58 bits per heavy atom. The predicted molar refractivity (Wildman–Crippen MR) is 50.4 cm³/mol. The van der Waals surface area contributed by atoms with E-state index in [1.54, 1.807) is 0 Å². The maximum atomic E-state index is 5.43. The van der Waals surface area contributed by atoms with E-state index in [2.05, 4.69) is 24.1 Å². The van der Waals surface area contributed by atoms with Gasteiger partial charge in [-0.2, -0.15) is 0 Å². The van der Waals surface area contributed by atoms with Crippen molar-refractivity contribution in [1.82, 2.24) is 10.2 Å². The molecule has 1 aliphatic rings. The van der Waals surface area contributed by atoms with Gasteiger partial charge in [0.2, 0.25) is 0 Å². The molecule has 1 saturated heterocycles. The molecule has 0 aromatic rings. The first-order valence-electron chi connectivity index (χ1n) is 4.73. The van der Waals surface area contributed by atoms with Crippen molar-refractivity contribution in [1.29, 1.82) is 0 Å². The summed E-state index contributed by atoms with van der Waals surface area (Å²) in [5.41, 5.74) is 0. The van der Waals surface area contributed by atoms with Gasteiger partial charge in [-0.15, -0.1) is 0 Å². The molecule has 12 heavy (non-hydrogen) atoms. The first-order valence-corrected chi connectivity index (χ1v) is 4.73. The summed E-state index contributed by atoms with van der Waals surface area (Å²) in [5.74, 6) is 0. The van der Waals surface area contributed by atoms with Crippen LogP contribution in [0.25, 0.3) is 0 Å². The van der Waals surface area contributed by atoms with E-state index in [-0.39, 0.29) is 0 Å². The first kappa shape index (κ1) is 9.96. The molecule has 1 unspecified atom stereocenters. The van der Waals surface area contributed by atoms with E-state index in [4.69, 9.17) is 4.74 Å². The number of nitrogens with one attached hydrogen (secondary N) is 1. The van der Waals surface area contributed by atoms with E-state index >= 15 is 0 Å². The molecule has 1 aliphatic heterocycles. The summed E-state index contributed by atoms with van der Waals surface area (Å²) in [6.45, 7) is 8.35. The van der Waals surface area contributed by atoms with Crippen LogP contribution < -0.4 is 5.32 Å². The second-order valence-corrected chi connectivity index (χ2v) is 3.62. The lowest BCUT2D eigenvalue weighted by atomic mass is 10.2. The van der Waals surface area contributed by atoms with Crippen LogP contribution in [0.5, 0.6) is 0 Å². The second-order valence-electron chi connectivity index (χ2n) is 3.62. The fraction of sp³-hybridized carbons (Fsp3) is 1.00. The van der Waals surface area contributed by atoms with E-state index in [1.165, 1.54) is 0 Å². The van der Waals surface area contributed by atoms with Crippen LogP contribution >= 0.6 is 0 Å². The van der Waals surface area contributed by atoms with E-state index in [1.807, 2.05) is 7.05 Å². The number of hydrogen-bond donors (Lipinski definition) is 1. The normalized spacial score (nSPS) is 26.5. The monoisotopic (exact) mass is 172 g/mol. The lowest BCUT2D eigenvalue weighted by Gasteiger charge is -2.38. The van der Waals surface area contributed by atoms with E-state index in [0.29, 0.717) is 12.1 Å². The Balaban J connectivity index is 2.42. The van der Waals surface area contributed by atoms with Gasteiger partial charge in [0, 0.05) is 25.2 Å². The summed E-state index contributed by atoms with van der Waals surface area (Å²) >= 11 is 0. The third kappa shape index (κ3) is 2.44. The number of hydrogen-bond acceptors (Lipinski definition) is 3. The van der Waals surface area contributed by atoms with E-state index < -0.39 is 0 Å². The van der Waals surface area contributed by atoms with Crippen LogP contribution in [-0.4, -0.2) is 50.3 Å². The summed E-state index contributed by atoms with van der Waals surface area (Å²) in [4.78, 5) is 2.50. The molecule has 0 radical (unpaired) electrons. The maximum Gasteiger partial charge on any atom is 0.0634 e. The Hall–Kier alpha value is -0.120. The average Bonchev–Trinajstić information content (AvgIpc) is 2.05. The number of nitrogens with zero attached hydrogens (tertiary/aromatic N) is 1. The second kappa shape index (κ2) is 4.80. The van der Waals surface area contributed by atoms with Crippen LogP contribution in [-0.2, 0) is 4.74 Å². The standard InChI is InChI=1S/C9H20N2O/c1-8(2)11-4-5-12-7-9(11)6-10-3/h8-10H,4-7H2,1-3H3. The van der Waals surface area contributed by atoms with Crippen molar-refractivity contribution >= 4 is 0 Å². The Morgan fingerprint density at radius 2 is 2.33 bits per heavy atom. The van der Waals surface area contributed by atoms with Gasteiger partial charge in [0.1, 0.15) is 0 Å². The van der Waals surface area contributed by atoms with Gasteiger partial charge in [-0.25, -0.2) is 0 Å². The summed E-state index contributed by atoms with van der Waals surface area (Å²) in [7, 11) is 1.99. The Kier molecular flexibility index (Phi) is 3.98. The number of ether oxygens (including phenoxy) is 1. The third-order valence-corrected chi connectivity index (χ3v) is 2.38. The highest BCUT2D eigenvalue weighted by Crippen LogP contribution is 2.09. The molecule has 1 atom stereocenters. The van der Waals surface area contributed by atoms with E-state index in [9.17, 15) is 0 Å². The molecule has 0 spiro atoms. The van der Waals surface area contributed by atoms with Crippen molar-refractivity contribution in [3.63, 3.8) is 0 Å². The van der Waals surface area contributed by atoms with Crippen LogP contribution in [0.2, 0.25) is 0 Å². The van der Waals surface area contributed by atoms with Gasteiger partial charge in [0.25, 0.3) is 0 Å². The first-order chi connectivity index (χ1) is 5.75. The molecule has 1 N–H and O–H groups in total. The lowest BCUT2D eigenvalue weighted by Crippen LogP contribution is -2.52. The molecule has 1 fully saturated rings. The minimum Gasteiger partial charge on any atom is -0.378 e. The molecule has 3 heteroatoms. The highest BCUT2D eigenvalue weighted by Gasteiger charge is 2.23. The Bertz CT molecular complexity index is 126. The molecule has 72 valence electrons. The quantitative estimate of drug-likeness (QED) is 0.663. The van der Waals surface area contributed by atoms with Crippen molar-refractivity contribution in [2.75, 3.05) is 33.4 Å². The molecule has 0 amide bonds. The fourth-order valence-corrected chi connectivity index (χ4v) is 1.76. The Morgan fingerprint density at radius 3 is 2.92 bits per heavy atom. The molecule has 0 aromatic heterocycles. The summed E-state index contributed by atoms with van der Waals surface area (Å²) < 4.78 is 5.43. The number of morpholine rings is 1. The van der Waals surface area contributed by atoms with Crippen LogP contribution in [0.1, 0.15) is 13.8 Å². The topological polar surface area (TPSA) is 24.5 Å². The van der Waals surface area contributed by atoms with Gasteiger partial charge in [-0.3, -0.25) is 4.90 Å². The van der Waals surface area contributed by atoms with Crippen molar-refractivity contribution < 1.29 is 4.74 Å². The lowest BCUT2D eigenvalue weighted by molar-refractivity contribution is -0.0207. The molecule has 0 aromatic carbocycles. The zero-order chi connectivity index (χ0) is 8.97. The molecule has 0 aliphatic carbocycles. The predicted octanol–water partition coefficient (Wildman–Crippen LogP) is 0.315. The highest BCUT2D eigenvalue weighted by atomic mass is 16.5. The van der Waals surface area contributed by atoms with Gasteiger partial charge < -0.3 is 10.1 Å². The maximum absolute atomic E-state index is 5.43. The average molecular weight is 172 g/mol. The minimum atomic E-state index is 0.559. The van der Waals surface area contributed by atoms with Crippen molar-refractivity contribution in [2.45, 2.75) is 25.9 Å². The molecule has 0 saturated carbocycles. The van der Waals surface area contributed by atoms with Gasteiger partial charge in [0.05, 0.1) is 13.2 Å². The van der Waals surface area contributed by atoms with Crippen LogP contribution in [0.15, 0.2) is 0 Å². The SMILES string of the molecule is CNCC1COCCN1C(C)C. The van der Waals surface area contributed by atoms with E-state index in [0.717, 1.165) is 26.3 Å². The van der Waals surface area contributed by atoms with Gasteiger partial charge in [0.15, 0.2) is 0 Å². The third-order valence-electron chi connectivity index (χ3n) is 2.38. The molecule has 0 bridgehead atoms. The van der Waals surface area contributed by atoms with Gasteiger partial charge >= 0.3 is 0 Å². The molecule has 1 rings (SSSR count). The van der Waals surface area contributed by atoms with Crippen molar-refractivity contribution in [2.24, 2.45) is 0 Å². The van der Waals surface area contributed by atoms with Crippen molar-refractivity contribution in [3.8, 4) is 0 Å². The van der Waals surface area contributed by atoms with Crippen molar-refractivity contribution in [3.05, 3.63) is 0 Å². The molecule has 1 heterocycles. The largest absolute Gasteiger partial charge is 0.378 e. The summed E-state index contributed by atoms with van der Waals surface area (Å²) in [6.07, 6.45) is 0. The van der Waals surface area contributed by atoms with Gasteiger partial charge in [-0.05, 0) is 20.9 Å². The molecular formula is C9H20N2O. The van der Waals surface area contributed by atoms with Crippen LogP contribution in [0.3, 0.4) is 0 Å². The summed E-state index contributed by atoms with van der Waals surface area (Å²) in [6, 6.07) is 1.19. The zero-order valence-electron chi connectivity index (χ0n) is 8.34. The number of likely N-dealkylation sites (N-methyl/N-ethyl adjacent to an activating group) is 1. The van der Waals surface area contributed by atoms with Crippen LogP contribution in [0, 0.1) is 0 Å².